The van der Waals surface area contributed by atoms with Gasteiger partial charge in [-0.15, -0.1) is 0 Å². The summed E-state index contributed by atoms with van der Waals surface area (Å²) in [6.45, 7) is 2.21. The molecule has 1 unspecified atom stereocenters. The lowest BCUT2D eigenvalue weighted by atomic mass is 10.0. The predicted molar refractivity (Wildman–Crippen MR) is 85.6 cm³/mol. The molecule has 0 aliphatic carbocycles. The van der Waals surface area contributed by atoms with E-state index < -0.39 is 0 Å². The molecule has 0 radical (unpaired) electrons. The zero-order valence-electron chi connectivity index (χ0n) is 11.5. The quantitative estimate of drug-likeness (QED) is 0.846. The fourth-order valence-electron chi connectivity index (χ4n) is 2.46. The van der Waals surface area contributed by atoms with Crippen LogP contribution >= 0.6 is 12.8 Å². The van der Waals surface area contributed by atoms with Crippen LogP contribution in [0.4, 0.5) is 17.2 Å². The molecule has 0 saturated carbocycles. The van der Waals surface area contributed by atoms with Crippen molar-refractivity contribution in [2.45, 2.75) is 32.2 Å². The van der Waals surface area contributed by atoms with Crippen LogP contribution in [-0.4, -0.2) is 16.0 Å². The number of aromatic nitrogens is 2. The topological polar surface area (TPSA) is 41.1 Å². The Morgan fingerprint density at radius 3 is 2.85 bits per heavy atom. The third kappa shape index (κ3) is 2.58. The minimum absolute atomic E-state index is 0.572. The monoisotopic (exact) mass is 286 g/mol. The Labute approximate surface area is 124 Å². The van der Waals surface area contributed by atoms with Gasteiger partial charge in [-0.2, -0.15) is 0 Å². The Morgan fingerprint density at radius 1 is 1.30 bits per heavy atom. The minimum Gasteiger partial charge on any atom is -0.381 e. The summed E-state index contributed by atoms with van der Waals surface area (Å²) in [5.74, 6) is 0.843. The van der Waals surface area contributed by atoms with Gasteiger partial charge in [0, 0.05) is 18.4 Å². The summed E-state index contributed by atoms with van der Waals surface area (Å²) in [6, 6.07) is 8.50. The van der Waals surface area contributed by atoms with E-state index in [4.69, 9.17) is 4.98 Å². The van der Waals surface area contributed by atoms with Crippen LogP contribution in [0.1, 0.15) is 25.5 Å². The molecule has 2 aromatic heterocycles. The fourth-order valence-corrected chi connectivity index (χ4v) is 2.70. The van der Waals surface area contributed by atoms with E-state index in [-0.39, 0.29) is 0 Å². The lowest BCUT2D eigenvalue weighted by Gasteiger charge is -2.26. The number of hydrogen-bond donors (Lipinski definition) is 2. The van der Waals surface area contributed by atoms with Gasteiger partial charge in [-0.1, -0.05) is 19.7 Å². The lowest BCUT2D eigenvalue weighted by molar-refractivity contribution is 0.606. The van der Waals surface area contributed by atoms with Gasteiger partial charge in [-0.25, -0.2) is 4.98 Å². The molecule has 0 saturated heterocycles. The Balaban J connectivity index is 1.86. The smallest absolute Gasteiger partial charge is 0.143 e. The van der Waals surface area contributed by atoms with Crippen LogP contribution in [0.5, 0.6) is 0 Å². The number of rotatable bonds is 3. The predicted octanol–water partition coefficient (Wildman–Crippen LogP) is 3.60. The molecule has 5 heteroatoms. The highest BCUT2D eigenvalue weighted by atomic mass is 32.1. The van der Waals surface area contributed by atoms with Gasteiger partial charge in [0.1, 0.15) is 5.82 Å². The molecule has 0 bridgehead atoms. The van der Waals surface area contributed by atoms with Crippen molar-refractivity contribution < 1.29 is 0 Å². The van der Waals surface area contributed by atoms with E-state index in [1.54, 1.807) is 16.7 Å². The summed E-state index contributed by atoms with van der Waals surface area (Å²) < 4.78 is 1.79. The second-order valence-corrected chi connectivity index (χ2v) is 5.37. The highest BCUT2D eigenvalue weighted by Crippen LogP contribution is 2.30. The first-order valence-electron chi connectivity index (χ1n) is 6.93. The van der Waals surface area contributed by atoms with E-state index in [0.717, 1.165) is 42.1 Å². The number of aryl methyl sites for hydroxylation is 1. The Kier molecular flexibility index (Phi) is 3.78. The van der Waals surface area contributed by atoms with Gasteiger partial charge in [-0.05, 0) is 43.5 Å². The van der Waals surface area contributed by atoms with Crippen molar-refractivity contribution in [3.63, 3.8) is 0 Å². The molecule has 0 aromatic carbocycles. The Morgan fingerprint density at radius 2 is 2.10 bits per heavy atom. The van der Waals surface area contributed by atoms with Crippen LogP contribution < -0.4 is 9.62 Å². The second kappa shape index (κ2) is 5.71. The summed E-state index contributed by atoms with van der Waals surface area (Å²) in [6.07, 6.45) is 6.82. The highest BCUT2D eigenvalue weighted by Gasteiger charge is 2.18. The van der Waals surface area contributed by atoms with E-state index in [1.807, 2.05) is 18.2 Å². The van der Waals surface area contributed by atoms with E-state index >= 15 is 0 Å². The molecule has 1 aliphatic heterocycles. The molecule has 0 spiro atoms. The van der Waals surface area contributed by atoms with Gasteiger partial charge < -0.3 is 5.32 Å². The van der Waals surface area contributed by atoms with Crippen LogP contribution in [0.3, 0.4) is 0 Å². The molecule has 0 amide bonds. The van der Waals surface area contributed by atoms with Crippen LogP contribution in [0, 0.1) is 0 Å². The number of thiol groups is 1. The van der Waals surface area contributed by atoms with Crippen molar-refractivity contribution in [2.24, 2.45) is 0 Å². The molecule has 104 valence electrons. The largest absolute Gasteiger partial charge is 0.381 e. The van der Waals surface area contributed by atoms with Gasteiger partial charge in [0.25, 0.3) is 0 Å². The molecule has 0 fully saturated rings. The maximum atomic E-state index is 4.72. The fraction of sp³-hybridized carbons (Fsp3) is 0.333. The van der Waals surface area contributed by atoms with Crippen molar-refractivity contribution in [3.8, 4) is 0 Å². The first kappa shape index (κ1) is 13.2. The van der Waals surface area contributed by atoms with Gasteiger partial charge >= 0.3 is 0 Å². The molecular formula is C15H18N4S. The minimum atomic E-state index is 0.572. The van der Waals surface area contributed by atoms with Gasteiger partial charge in [-0.3, -0.25) is 9.29 Å². The van der Waals surface area contributed by atoms with Crippen molar-refractivity contribution in [1.82, 2.24) is 9.97 Å². The highest BCUT2D eigenvalue weighted by molar-refractivity contribution is 7.82. The van der Waals surface area contributed by atoms with Crippen LogP contribution in [0.15, 0.2) is 36.7 Å². The number of nitrogens with one attached hydrogen (secondary N) is 1. The van der Waals surface area contributed by atoms with E-state index in [1.165, 1.54) is 0 Å². The number of fused-ring (bicyclic) bond motifs is 1. The zero-order valence-corrected chi connectivity index (χ0v) is 12.3. The Hall–Kier alpha value is -1.75. The summed E-state index contributed by atoms with van der Waals surface area (Å²) in [5.41, 5.74) is 3.25. The maximum absolute atomic E-state index is 4.72. The standard InChI is InChI=1S/C15H18N4S/c1-2-11-3-4-14-13(17-11)5-6-15(18-14)19(20)12-7-9-16-10-8-12/h5-11,17,20H,2-4H2,1H3. The normalized spacial score (nSPS) is 17.2. The molecule has 2 aromatic rings. The third-order valence-corrected chi connectivity index (χ3v) is 4.10. The van der Waals surface area contributed by atoms with E-state index in [9.17, 15) is 0 Å². The van der Waals surface area contributed by atoms with Gasteiger partial charge in [0.15, 0.2) is 0 Å². The molecule has 1 aliphatic rings. The van der Waals surface area contributed by atoms with E-state index in [0.29, 0.717) is 6.04 Å². The first-order valence-corrected chi connectivity index (χ1v) is 7.33. The number of hydrogen-bond acceptors (Lipinski definition) is 5. The first-order chi connectivity index (χ1) is 9.78. The summed E-state index contributed by atoms with van der Waals surface area (Å²) >= 11 is 4.54. The van der Waals surface area contributed by atoms with Crippen LogP contribution in [0.25, 0.3) is 0 Å². The number of nitrogens with zero attached hydrogens (tertiary/aromatic N) is 3. The third-order valence-electron chi connectivity index (χ3n) is 3.67. The average Bonchev–Trinajstić information content (AvgIpc) is 2.54. The molecule has 1 atom stereocenters. The Bertz CT molecular complexity index is 588. The molecule has 3 heterocycles. The van der Waals surface area contributed by atoms with Crippen molar-refractivity contribution in [2.75, 3.05) is 9.62 Å². The number of anilines is 3. The second-order valence-electron chi connectivity index (χ2n) is 4.97. The van der Waals surface area contributed by atoms with Gasteiger partial charge in [0.05, 0.1) is 17.1 Å². The van der Waals surface area contributed by atoms with E-state index in [2.05, 4.69) is 36.1 Å². The van der Waals surface area contributed by atoms with Crippen LogP contribution in [0.2, 0.25) is 0 Å². The summed E-state index contributed by atoms with van der Waals surface area (Å²) in [4.78, 5) is 8.74. The van der Waals surface area contributed by atoms with Crippen molar-refractivity contribution >= 4 is 30.0 Å². The van der Waals surface area contributed by atoms with Gasteiger partial charge in [0.2, 0.25) is 0 Å². The molecule has 4 nitrogen and oxygen atoms in total. The lowest BCUT2D eigenvalue weighted by Crippen LogP contribution is -2.25. The molecule has 20 heavy (non-hydrogen) atoms. The summed E-state index contributed by atoms with van der Waals surface area (Å²) in [5, 5.41) is 3.54. The van der Waals surface area contributed by atoms with Crippen molar-refractivity contribution in [1.29, 1.82) is 0 Å². The number of pyridine rings is 2. The zero-order chi connectivity index (χ0) is 13.9. The maximum Gasteiger partial charge on any atom is 0.143 e. The molecule has 1 N–H and O–H groups in total. The molecular weight excluding hydrogens is 268 g/mol. The van der Waals surface area contributed by atoms with Crippen molar-refractivity contribution in [3.05, 3.63) is 42.4 Å². The molecule has 3 rings (SSSR count). The van der Waals surface area contributed by atoms with Crippen LogP contribution in [-0.2, 0) is 6.42 Å². The average molecular weight is 286 g/mol. The summed E-state index contributed by atoms with van der Waals surface area (Å²) in [7, 11) is 0. The SMILES string of the molecule is CCC1CCc2nc(N(S)c3ccncc3)ccc2N1.